The molecule has 2 nitrogen and oxygen atoms in total. The minimum atomic E-state index is -0.290. The molecular weight excluding hydrogens is 212 g/mol. The summed E-state index contributed by atoms with van der Waals surface area (Å²) in [6.45, 7) is 7.01. The molecular formula is C15H28O2. The predicted molar refractivity (Wildman–Crippen MR) is 69.6 cm³/mol. The van der Waals surface area contributed by atoms with Crippen LogP contribution in [-0.2, 0) is 0 Å². The third kappa shape index (κ3) is 2.15. The third-order valence-electron chi connectivity index (χ3n) is 5.71. The van der Waals surface area contributed by atoms with Crippen molar-refractivity contribution in [2.45, 2.75) is 59.0 Å². The van der Waals surface area contributed by atoms with Crippen LogP contribution in [0.5, 0.6) is 0 Å². The summed E-state index contributed by atoms with van der Waals surface area (Å²) in [5.41, 5.74) is -0.178. The fourth-order valence-electron chi connectivity index (χ4n) is 4.38. The number of hydrogen-bond acceptors (Lipinski definition) is 2. The standard InChI is InChI=1S/C15H28O2/c1-10(2)12-7-13-11(3)5-4-6-15(13,9-16)14(17)8-12/h10-14,16-17H,4-9H2,1-3H3/t11-,12-,13+,14?,15+/m1/s1. The van der Waals surface area contributed by atoms with E-state index in [1.807, 2.05) is 0 Å². The second-order valence-corrected chi connectivity index (χ2v) is 6.86. The Bertz CT molecular complexity index is 264. The molecule has 2 aliphatic carbocycles. The molecule has 2 N–H and O–H groups in total. The molecule has 2 aliphatic rings. The number of aliphatic hydroxyl groups is 2. The van der Waals surface area contributed by atoms with Crippen LogP contribution in [0.2, 0.25) is 0 Å². The van der Waals surface area contributed by atoms with Gasteiger partial charge in [0.15, 0.2) is 0 Å². The molecule has 0 spiro atoms. The molecule has 2 rings (SSSR count). The summed E-state index contributed by atoms with van der Waals surface area (Å²) in [7, 11) is 0. The molecule has 0 aromatic carbocycles. The van der Waals surface area contributed by atoms with E-state index in [2.05, 4.69) is 20.8 Å². The Morgan fingerprint density at radius 2 is 2.00 bits per heavy atom. The highest BCUT2D eigenvalue weighted by atomic mass is 16.3. The van der Waals surface area contributed by atoms with Crippen LogP contribution in [0.15, 0.2) is 0 Å². The van der Waals surface area contributed by atoms with Crippen molar-refractivity contribution < 1.29 is 10.2 Å². The van der Waals surface area contributed by atoms with Crippen molar-refractivity contribution in [1.29, 1.82) is 0 Å². The van der Waals surface area contributed by atoms with Gasteiger partial charge in [-0.05, 0) is 42.9 Å². The lowest BCUT2D eigenvalue weighted by molar-refractivity contribution is -0.142. The molecule has 5 atom stereocenters. The van der Waals surface area contributed by atoms with Crippen molar-refractivity contribution in [2.24, 2.45) is 29.1 Å². The maximum atomic E-state index is 10.5. The first kappa shape index (κ1) is 13.4. The zero-order chi connectivity index (χ0) is 12.6. The molecule has 0 aromatic rings. The fraction of sp³-hybridized carbons (Fsp3) is 1.00. The van der Waals surface area contributed by atoms with Crippen molar-refractivity contribution in [2.75, 3.05) is 6.61 Å². The van der Waals surface area contributed by atoms with Crippen LogP contribution in [0, 0.1) is 29.1 Å². The van der Waals surface area contributed by atoms with Gasteiger partial charge in [0.25, 0.3) is 0 Å². The van der Waals surface area contributed by atoms with E-state index in [-0.39, 0.29) is 18.1 Å². The monoisotopic (exact) mass is 240 g/mol. The van der Waals surface area contributed by atoms with Gasteiger partial charge in [-0.15, -0.1) is 0 Å². The van der Waals surface area contributed by atoms with Gasteiger partial charge in [-0.25, -0.2) is 0 Å². The minimum absolute atomic E-state index is 0.175. The normalized spacial score (nSPS) is 46.9. The molecule has 2 fully saturated rings. The van der Waals surface area contributed by atoms with Crippen molar-refractivity contribution >= 4 is 0 Å². The Kier molecular flexibility index (Phi) is 3.84. The van der Waals surface area contributed by atoms with E-state index in [0.717, 1.165) is 12.8 Å². The van der Waals surface area contributed by atoms with Crippen LogP contribution in [0.25, 0.3) is 0 Å². The maximum Gasteiger partial charge on any atom is 0.0623 e. The van der Waals surface area contributed by atoms with Crippen LogP contribution >= 0.6 is 0 Å². The van der Waals surface area contributed by atoms with E-state index in [1.54, 1.807) is 0 Å². The summed E-state index contributed by atoms with van der Waals surface area (Å²) in [5, 5.41) is 20.4. The van der Waals surface area contributed by atoms with E-state index in [0.29, 0.717) is 23.7 Å². The summed E-state index contributed by atoms with van der Waals surface area (Å²) in [6.07, 6.45) is 5.26. The first-order chi connectivity index (χ1) is 8.01. The smallest absolute Gasteiger partial charge is 0.0623 e. The van der Waals surface area contributed by atoms with Gasteiger partial charge in [0, 0.05) is 5.41 Å². The Balaban J connectivity index is 2.23. The molecule has 17 heavy (non-hydrogen) atoms. The summed E-state index contributed by atoms with van der Waals surface area (Å²) in [5.74, 6) is 2.47. The van der Waals surface area contributed by atoms with E-state index in [4.69, 9.17) is 0 Å². The predicted octanol–water partition coefficient (Wildman–Crippen LogP) is 2.83. The third-order valence-corrected chi connectivity index (χ3v) is 5.71. The van der Waals surface area contributed by atoms with E-state index >= 15 is 0 Å². The maximum absolute atomic E-state index is 10.5. The lowest BCUT2D eigenvalue weighted by atomic mass is 9.52. The highest BCUT2D eigenvalue weighted by molar-refractivity contribution is 5.01. The highest BCUT2D eigenvalue weighted by Crippen LogP contribution is 2.54. The van der Waals surface area contributed by atoms with Gasteiger partial charge in [-0.3, -0.25) is 0 Å². The summed E-state index contributed by atoms with van der Waals surface area (Å²) in [6, 6.07) is 0. The summed E-state index contributed by atoms with van der Waals surface area (Å²) < 4.78 is 0. The van der Waals surface area contributed by atoms with Crippen LogP contribution in [-0.4, -0.2) is 22.9 Å². The first-order valence-electron chi connectivity index (χ1n) is 7.30. The lowest BCUT2D eigenvalue weighted by Crippen LogP contribution is -2.54. The van der Waals surface area contributed by atoms with Crippen molar-refractivity contribution in [3.63, 3.8) is 0 Å². The quantitative estimate of drug-likeness (QED) is 0.779. The number of aliphatic hydroxyl groups excluding tert-OH is 2. The molecule has 0 amide bonds. The molecule has 0 heterocycles. The summed E-state index contributed by atoms with van der Waals surface area (Å²) >= 11 is 0. The number of fused-ring (bicyclic) bond motifs is 1. The van der Waals surface area contributed by atoms with Gasteiger partial charge in [0.05, 0.1) is 12.7 Å². The first-order valence-corrected chi connectivity index (χ1v) is 7.30. The van der Waals surface area contributed by atoms with Crippen LogP contribution in [0.4, 0.5) is 0 Å². The molecule has 100 valence electrons. The largest absolute Gasteiger partial charge is 0.396 e. The second-order valence-electron chi connectivity index (χ2n) is 6.86. The molecule has 0 bridgehead atoms. The molecule has 0 aliphatic heterocycles. The molecule has 2 heteroatoms. The average molecular weight is 240 g/mol. The van der Waals surface area contributed by atoms with Gasteiger partial charge in [0.2, 0.25) is 0 Å². The van der Waals surface area contributed by atoms with Gasteiger partial charge in [-0.2, -0.15) is 0 Å². The Labute approximate surface area is 105 Å². The SMILES string of the molecule is CC(C)[C@H]1CC(O)[C@]2(CO)CCC[C@@H](C)[C@@H]2C1. The van der Waals surface area contributed by atoms with Gasteiger partial charge < -0.3 is 10.2 Å². The van der Waals surface area contributed by atoms with E-state index < -0.39 is 0 Å². The average Bonchev–Trinajstić information content (AvgIpc) is 2.30. The fourth-order valence-corrected chi connectivity index (χ4v) is 4.38. The van der Waals surface area contributed by atoms with Crippen molar-refractivity contribution in [3.05, 3.63) is 0 Å². The second kappa shape index (κ2) is 4.89. The number of rotatable bonds is 2. The van der Waals surface area contributed by atoms with Gasteiger partial charge in [-0.1, -0.05) is 33.6 Å². The zero-order valence-electron chi connectivity index (χ0n) is 11.5. The van der Waals surface area contributed by atoms with Crippen LogP contribution in [0.3, 0.4) is 0 Å². The van der Waals surface area contributed by atoms with Gasteiger partial charge in [0.1, 0.15) is 0 Å². The molecule has 2 saturated carbocycles. The molecule has 0 saturated heterocycles. The van der Waals surface area contributed by atoms with Gasteiger partial charge >= 0.3 is 0 Å². The summed E-state index contributed by atoms with van der Waals surface area (Å²) in [4.78, 5) is 0. The molecule has 0 aromatic heterocycles. The molecule has 1 unspecified atom stereocenters. The van der Waals surface area contributed by atoms with E-state index in [1.165, 1.54) is 19.3 Å². The highest BCUT2D eigenvalue weighted by Gasteiger charge is 2.52. The lowest BCUT2D eigenvalue weighted by Gasteiger charge is -2.54. The minimum Gasteiger partial charge on any atom is -0.396 e. The Morgan fingerprint density at radius 3 is 2.59 bits per heavy atom. The van der Waals surface area contributed by atoms with E-state index in [9.17, 15) is 10.2 Å². The topological polar surface area (TPSA) is 40.5 Å². The zero-order valence-corrected chi connectivity index (χ0v) is 11.5. The Hall–Kier alpha value is -0.0800. The van der Waals surface area contributed by atoms with Crippen molar-refractivity contribution in [1.82, 2.24) is 0 Å². The van der Waals surface area contributed by atoms with Crippen LogP contribution in [0.1, 0.15) is 52.9 Å². The van der Waals surface area contributed by atoms with Crippen LogP contribution < -0.4 is 0 Å². The number of hydrogen-bond donors (Lipinski definition) is 2. The molecule has 0 radical (unpaired) electrons. The Morgan fingerprint density at radius 1 is 1.29 bits per heavy atom. The van der Waals surface area contributed by atoms with Crippen molar-refractivity contribution in [3.8, 4) is 0 Å².